The zero-order valence-corrected chi connectivity index (χ0v) is 6.45. The van der Waals surface area contributed by atoms with Crippen LogP contribution in [0.2, 0.25) is 0 Å². The molecular formula is C7H11N3O. The van der Waals surface area contributed by atoms with Crippen molar-refractivity contribution in [1.29, 1.82) is 0 Å². The Hall–Kier alpha value is -1.16. The monoisotopic (exact) mass is 153 g/mol. The molecule has 0 atom stereocenters. The highest BCUT2D eigenvalue weighted by molar-refractivity contribution is 5.95. The molecule has 0 aliphatic carbocycles. The van der Waals surface area contributed by atoms with Gasteiger partial charge in [-0.3, -0.25) is 9.48 Å². The average molecular weight is 153 g/mol. The summed E-state index contributed by atoms with van der Waals surface area (Å²) in [7, 11) is 1.78. The number of carbonyl (C=O) groups excluding carboxylic acids is 1. The first kappa shape index (κ1) is 7.94. The van der Waals surface area contributed by atoms with E-state index >= 15 is 0 Å². The maximum atomic E-state index is 11.1. The number of aryl methyl sites for hydroxylation is 1. The van der Waals surface area contributed by atoms with Crippen molar-refractivity contribution >= 4 is 5.78 Å². The van der Waals surface area contributed by atoms with Crippen molar-refractivity contribution in [2.24, 2.45) is 12.8 Å². The molecule has 0 aromatic carbocycles. The van der Waals surface area contributed by atoms with Crippen LogP contribution in [0.15, 0.2) is 12.4 Å². The lowest BCUT2D eigenvalue weighted by Crippen LogP contribution is -2.07. The largest absolute Gasteiger partial charge is 0.330 e. The van der Waals surface area contributed by atoms with Crippen molar-refractivity contribution in [2.75, 3.05) is 6.54 Å². The maximum Gasteiger partial charge on any atom is 0.167 e. The van der Waals surface area contributed by atoms with E-state index in [-0.39, 0.29) is 5.78 Å². The van der Waals surface area contributed by atoms with E-state index in [0.29, 0.717) is 18.5 Å². The Morgan fingerprint density at radius 2 is 2.55 bits per heavy atom. The van der Waals surface area contributed by atoms with Crippen LogP contribution in [0, 0.1) is 0 Å². The second-order valence-electron chi connectivity index (χ2n) is 2.36. The van der Waals surface area contributed by atoms with Gasteiger partial charge in [-0.15, -0.1) is 0 Å². The van der Waals surface area contributed by atoms with Gasteiger partial charge in [0.05, 0.1) is 11.8 Å². The van der Waals surface area contributed by atoms with E-state index < -0.39 is 0 Å². The van der Waals surface area contributed by atoms with Crippen LogP contribution in [-0.2, 0) is 7.05 Å². The van der Waals surface area contributed by atoms with Gasteiger partial charge >= 0.3 is 0 Å². The van der Waals surface area contributed by atoms with Gasteiger partial charge in [-0.2, -0.15) is 5.10 Å². The molecule has 0 bridgehead atoms. The van der Waals surface area contributed by atoms with Crippen LogP contribution in [-0.4, -0.2) is 22.1 Å². The zero-order valence-electron chi connectivity index (χ0n) is 6.45. The highest BCUT2D eigenvalue weighted by atomic mass is 16.1. The summed E-state index contributed by atoms with van der Waals surface area (Å²) >= 11 is 0. The van der Waals surface area contributed by atoms with Crippen LogP contribution >= 0.6 is 0 Å². The van der Waals surface area contributed by atoms with Gasteiger partial charge in [0.15, 0.2) is 5.78 Å². The minimum absolute atomic E-state index is 0.0561. The molecule has 11 heavy (non-hydrogen) atoms. The third-order valence-electron chi connectivity index (χ3n) is 1.40. The molecule has 1 aromatic heterocycles. The van der Waals surface area contributed by atoms with Crippen molar-refractivity contribution in [3.8, 4) is 0 Å². The minimum atomic E-state index is 0.0561. The van der Waals surface area contributed by atoms with Gasteiger partial charge in [0.1, 0.15) is 0 Å². The fourth-order valence-electron chi connectivity index (χ4n) is 0.841. The summed E-state index contributed by atoms with van der Waals surface area (Å²) in [6.07, 6.45) is 3.64. The lowest BCUT2D eigenvalue weighted by molar-refractivity contribution is 0.0985. The molecule has 0 radical (unpaired) electrons. The van der Waals surface area contributed by atoms with E-state index in [4.69, 9.17) is 5.73 Å². The molecule has 4 heteroatoms. The van der Waals surface area contributed by atoms with Crippen LogP contribution in [0.25, 0.3) is 0 Å². The van der Waals surface area contributed by atoms with Gasteiger partial charge in [0.2, 0.25) is 0 Å². The average Bonchev–Trinajstić information content (AvgIpc) is 2.36. The number of nitrogens with zero attached hydrogens (tertiary/aromatic N) is 2. The smallest absolute Gasteiger partial charge is 0.167 e. The molecule has 0 saturated heterocycles. The van der Waals surface area contributed by atoms with Crippen molar-refractivity contribution < 1.29 is 4.79 Å². The maximum absolute atomic E-state index is 11.1. The summed E-state index contributed by atoms with van der Waals surface area (Å²) in [5.74, 6) is 0.0561. The Kier molecular flexibility index (Phi) is 2.38. The molecule has 4 nitrogen and oxygen atoms in total. The summed E-state index contributed by atoms with van der Waals surface area (Å²) < 4.78 is 1.60. The molecule has 0 unspecified atom stereocenters. The van der Waals surface area contributed by atoms with Crippen LogP contribution in [0.5, 0.6) is 0 Å². The highest BCUT2D eigenvalue weighted by Gasteiger charge is 2.05. The minimum Gasteiger partial charge on any atom is -0.330 e. The van der Waals surface area contributed by atoms with E-state index in [1.165, 1.54) is 0 Å². The molecule has 0 aliphatic heterocycles. The lowest BCUT2D eigenvalue weighted by Gasteiger charge is -1.91. The Labute approximate surface area is 65.0 Å². The summed E-state index contributed by atoms with van der Waals surface area (Å²) in [4.78, 5) is 11.1. The number of nitrogens with two attached hydrogens (primary N) is 1. The lowest BCUT2D eigenvalue weighted by atomic mass is 10.2. The van der Waals surface area contributed by atoms with Gasteiger partial charge < -0.3 is 5.73 Å². The van der Waals surface area contributed by atoms with Crippen LogP contribution in [0.1, 0.15) is 16.8 Å². The van der Waals surface area contributed by atoms with Crippen LogP contribution < -0.4 is 5.73 Å². The zero-order chi connectivity index (χ0) is 8.27. The van der Waals surface area contributed by atoms with Crippen LogP contribution in [0.3, 0.4) is 0 Å². The Morgan fingerprint density at radius 3 is 3.00 bits per heavy atom. The number of ketones is 1. The molecule has 60 valence electrons. The highest BCUT2D eigenvalue weighted by Crippen LogP contribution is 1.99. The number of aromatic nitrogens is 2. The van der Waals surface area contributed by atoms with Gasteiger partial charge in [0, 0.05) is 19.7 Å². The van der Waals surface area contributed by atoms with Gasteiger partial charge in [0.25, 0.3) is 0 Å². The van der Waals surface area contributed by atoms with Gasteiger partial charge in [-0.05, 0) is 6.54 Å². The van der Waals surface area contributed by atoms with E-state index in [1.807, 2.05) is 0 Å². The fraction of sp³-hybridized carbons (Fsp3) is 0.429. The summed E-state index contributed by atoms with van der Waals surface area (Å²) in [5, 5.41) is 3.87. The van der Waals surface area contributed by atoms with Crippen LogP contribution in [0.4, 0.5) is 0 Å². The number of carbonyl (C=O) groups is 1. The SMILES string of the molecule is Cn1cc(C(=O)CCN)cn1. The van der Waals surface area contributed by atoms with Gasteiger partial charge in [-0.25, -0.2) is 0 Å². The summed E-state index contributed by atoms with van der Waals surface area (Å²) in [6.45, 7) is 0.397. The Morgan fingerprint density at radius 1 is 1.82 bits per heavy atom. The Bertz CT molecular complexity index is 254. The molecule has 0 saturated carbocycles. The Balaban J connectivity index is 2.69. The number of hydrogen-bond acceptors (Lipinski definition) is 3. The number of rotatable bonds is 3. The molecule has 0 aliphatic rings. The van der Waals surface area contributed by atoms with Gasteiger partial charge in [-0.1, -0.05) is 0 Å². The van der Waals surface area contributed by atoms with E-state index in [9.17, 15) is 4.79 Å². The number of hydrogen-bond donors (Lipinski definition) is 1. The molecular weight excluding hydrogens is 142 g/mol. The second-order valence-corrected chi connectivity index (χ2v) is 2.36. The standard InChI is InChI=1S/C7H11N3O/c1-10-5-6(4-9-10)7(11)2-3-8/h4-5H,2-3,8H2,1H3. The van der Waals surface area contributed by atoms with E-state index in [2.05, 4.69) is 5.10 Å². The molecule has 1 heterocycles. The second kappa shape index (κ2) is 3.30. The van der Waals surface area contributed by atoms with Crippen molar-refractivity contribution in [3.05, 3.63) is 18.0 Å². The van der Waals surface area contributed by atoms with Crippen molar-refractivity contribution in [2.45, 2.75) is 6.42 Å². The normalized spacial score (nSPS) is 10.0. The topological polar surface area (TPSA) is 60.9 Å². The molecule has 0 amide bonds. The molecule has 0 fully saturated rings. The number of Topliss-reactive ketones (excluding diaryl/α,β-unsaturated/α-hetero) is 1. The summed E-state index contributed by atoms with van der Waals surface area (Å²) in [6, 6.07) is 0. The third kappa shape index (κ3) is 1.88. The summed E-state index contributed by atoms with van der Waals surface area (Å²) in [5.41, 5.74) is 5.86. The predicted octanol–water partition coefficient (Wildman–Crippen LogP) is -0.0484. The molecule has 0 spiro atoms. The third-order valence-corrected chi connectivity index (χ3v) is 1.40. The van der Waals surface area contributed by atoms with E-state index in [1.54, 1.807) is 24.1 Å². The first-order valence-electron chi connectivity index (χ1n) is 3.46. The van der Waals surface area contributed by atoms with Crippen molar-refractivity contribution in [1.82, 2.24) is 9.78 Å². The molecule has 1 rings (SSSR count). The van der Waals surface area contributed by atoms with E-state index in [0.717, 1.165) is 0 Å². The molecule has 2 N–H and O–H groups in total. The van der Waals surface area contributed by atoms with Crippen molar-refractivity contribution in [3.63, 3.8) is 0 Å². The predicted molar refractivity (Wildman–Crippen MR) is 41.2 cm³/mol. The molecule has 1 aromatic rings. The quantitative estimate of drug-likeness (QED) is 0.619. The fourth-order valence-corrected chi connectivity index (χ4v) is 0.841. The first-order valence-corrected chi connectivity index (χ1v) is 3.46. The first-order chi connectivity index (χ1) is 5.24.